The molecule has 0 aliphatic carbocycles. The Morgan fingerprint density at radius 3 is 2.44 bits per heavy atom. The lowest BCUT2D eigenvalue weighted by Crippen LogP contribution is -2.33. The summed E-state index contributed by atoms with van der Waals surface area (Å²) in [6.45, 7) is 0. The first kappa shape index (κ1) is 16.1. The van der Waals surface area contributed by atoms with Crippen LogP contribution in [0, 0.1) is 0 Å². The lowest BCUT2D eigenvalue weighted by atomic mass is 10.1. The molecule has 0 saturated carbocycles. The average Bonchev–Trinajstić information content (AvgIpc) is 3.32. The van der Waals surface area contributed by atoms with E-state index < -0.39 is 0 Å². The van der Waals surface area contributed by atoms with Gasteiger partial charge in [0, 0.05) is 5.02 Å². The Balaban J connectivity index is 1.69. The second-order valence-electron chi connectivity index (χ2n) is 5.77. The summed E-state index contributed by atoms with van der Waals surface area (Å²) < 4.78 is 5.25. The van der Waals surface area contributed by atoms with E-state index in [4.69, 9.17) is 16.3 Å². The number of thiophene rings is 1. The molecule has 1 aliphatic rings. The van der Waals surface area contributed by atoms with Crippen molar-refractivity contribution in [1.29, 1.82) is 0 Å². The first-order valence-electron chi connectivity index (χ1n) is 7.94. The number of ether oxygens (including phenoxy) is 1. The van der Waals surface area contributed by atoms with Crippen LogP contribution in [0.15, 0.2) is 71.4 Å². The van der Waals surface area contributed by atoms with Gasteiger partial charge in [0.2, 0.25) is 0 Å². The van der Waals surface area contributed by atoms with E-state index in [9.17, 15) is 0 Å². The van der Waals surface area contributed by atoms with Gasteiger partial charge in [0.05, 0.1) is 24.5 Å². The SMILES string of the molecule is COc1ccc(C2=CC(c3ccsc3)N(c3ccc(Cl)cc3)N2)cc1. The van der Waals surface area contributed by atoms with Crippen molar-refractivity contribution in [3.8, 4) is 5.75 Å². The highest BCUT2D eigenvalue weighted by Gasteiger charge is 2.27. The van der Waals surface area contributed by atoms with E-state index in [0.717, 1.165) is 27.7 Å². The molecule has 0 fully saturated rings. The van der Waals surface area contributed by atoms with Crippen LogP contribution in [0.3, 0.4) is 0 Å². The summed E-state index contributed by atoms with van der Waals surface area (Å²) in [6, 6.07) is 18.2. The fourth-order valence-electron chi connectivity index (χ4n) is 2.92. The maximum Gasteiger partial charge on any atom is 0.118 e. The molecule has 4 rings (SSSR count). The summed E-state index contributed by atoms with van der Waals surface area (Å²) in [7, 11) is 1.68. The quantitative estimate of drug-likeness (QED) is 0.656. The molecule has 25 heavy (non-hydrogen) atoms. The number of anilines is 1. The number of halogens is 1. The number of rotatable bonds is 4. The van der Waals surface area contributed by atoms with Crippen molar-refractivity contribution < 1.29 is 4.74 Å². The van der Waals surface area contributed by atoms with E-state index in [2.05, 4.69) is 45.5 Å². The summed E-state index contributed by atoms with van der Waals surface area (Å²) in [5.41, 5.74) is 8.06. The van der Waals surface area contributed by atoms with Crippen molar-refractivity contribution in [3.63, 3.8) is 0 Å². The van der Waals surface area contributed by atoms with Crippen LogP contribution in [0.5, 0.6) is 5.75 Å². The predicted octanol–water partition coefficient (Wildman–Crippen LogP) is 5.52. The summed E-state index contributed by atoms with van der Waals surface area (Å²) in [5.74, 6) is 0.853. The average molecular weight is 369 g/mol. The topological polar surface area (TPSA) is 24.5 Å². The number of hydrazine groups is 1. The van der Waals surface area contributed by atoms with E-state index in [1.54, 1.807) is 18.4 Å². The van der Waals surface area contributed by atoms with E-state index in [1.165, 1.54) is 5.56 Å². The van der Waals surface area contributed by atoms with Crippen molar-refractivity contribution in [3.05, 3.63) is 87.6 Å². The third-order valence-electron chi connectivity index (χ3n) is 4.23. The first-order chi connectivity index (χ1) is 12.2. The highest BCUT2D eigenvalue weighted by molar-refractivity contribution is 7.08. The predicted molar refractivity (Wildman–Crippen MR) is 105 cm³/mol. The highest BCUT2D eigenvalue weighted by Crippen LogP contribution is 2.36. The fourth-order valence-corrected chi connectivity index (χ4v) is 3.73. The molecule has 1 aromatic heterocycles. The molecular formula is C20H17ClN2OS. The van der Waals surface area contributed by atoms with Crippen LogP contribution in [0.1, 0.15) is 17.2 Å². The Hall–Kier alpha value is -2.43. The highest BCUT2D eigenvalue weighted by atomic mass is 35.5. The van der Waals surface area contributed by atoms with Crippen molar-refractivity contribution in [2.75, 3.05) is 12.1 Å². The van der Waals surface area contributed by atoms with E-state index in [1.807, 2.05) is 36.4 Å². The van der Waals surface area contributed by atoms with Gasteiger partial charge in [-0.15, -0.1) is 0 Å². The molecule has 0 saturated heterocycles. The molecule has 1 N–H and O–H groups in total. The van der Waals surface area contributed by atoms with Gasteiger partial charge in [0.15, 0.2) is 0 Å². The molecule has 0 amide bonds. The van der Waals surface area contributed by atoms with Crippen molar-refractivity contribution in [2.45, 2.75) is 6.04 Å². The standard InChI is InChI=1S/C20H17ClN2OS/c1-24-18-8-2-14(3-9-18)19-12-20(15-10-11-25-13-15)23(22-19)17-6-4-16(21)5-7-17/h2-13,20,22H,1H3. The normalized spacial score (nSPS) is 16.5. The maximum absolute atomic E-state index is 6.05. The second kappa shape index (κ2) is 6.82. The molecule has 0 spiro atoms. The fraction of sp³-hybridized carbons (Fsp3) is 0.100. The van der Waals surface area contributed by atoms with E-state index in [0.29, 0.717) is 0 Å². The monoisotopic (exact) mass is 368 g/mol. The van der Waals surface area contributed by atoms with Crippen LogP contribution in [0.2, 0.25) is 5.02 Å². The van der Waals surface area contributed by atoms with Gasteiger partial charge in [-0.25, -0.2) is 0 Å². The van der Waals surface area contributed by atoms with Crippen LogP contribution < -0.4 is 15.2 Å². The molecular weight excluding hydrogens is 352 g/mol. The van der Waals surface area contributed by atoms with Gasteiger partial charge in [-0.2, -0.15) is 11.3 Å². The van der Waals surface area contributed by atoms with Gasteiger partial charge in [0.1, 0.15) is 5.75 Å². The third-order valence-corrected chi connectivity index (χ3v) is 5.19. The van der Waals surface area contributed by atoms with Gasteiger partial charge < -0.3 is 4.74 Å². The molecule has 2 heterocycles. The van der Waals surface area contributed by atoms with E-state index in [-0.39, 0.29) is 6.04 Å². The number of nitrogens with zero attached hydrogens (tertiary/aromatic N) is 1. The van der Waals surface area contributed by atoms with Crippen molar-refractivity contribution >= 4 is 34.3 Å². The molecule has 2 aromatic carbocycles. The molecule has 1 unspecified atom stereocenters. The van der Waals surface area contributed by atoms with Gasteiger partial charge in [-0.05, 0) is 82.6 Å². The number of methoxy groups -OCH3 is 1. The Morgan fingerprint density at radius 2 is 1.80 bits per heavy atom. The number of benzene rings is 2. The van der Waals surface area contributed by atoms with Crippen LogP contribution in [0.4, 0.5) is 5.69 Å². The zero-order valence-electron chi connectivity index (χ0n) is 13.6. The second-order valence-corrected chi connectivity index (χ2v) is 6.99. The number of hydrogen-bond acceptors (Lipinski definition) is 4. The van der Waals surface area contributed by atoms with Crippen LogP contribution in [-0.4, -0.2) is 7.11 Å². The molecule has 5 heteroatoms. The molecule has 3 nitrogen and oxygen atoms in total. The zero-order chi connectivity index (χ0) is 17.2. The summed E-state index contributed by atoms with van der Waals surface area (Å²) >= 11 is 7.75. The summed E-state index contributed by atoms with van der Waals surface area (Å²) in [4.78, 5) is 0. The van der Waals surface area contributed by atoms with Gasteiger partial charge >= 0.3 is 0 Å². The van der Waals surface area contributed by atoms with Crippen LogP contribution in [0.25, 0.3) is 5.70 Å². The van der Waals surface area contributed by atoms with Crippen molar-refractivity contribution in [2.24, 2.45) is 0 Å². The molecule has 126 valence electrons. The Kier molecular flexibility index (Phi) is 4.38. The molecule has 1 atom stereocenters. The minimum absolute atomic E-state index is 0.129. The molecule has 3 aromatic rings. The number of nitrogens with one attached hydrogen (secondary N) is 1. The minimum atomic E-state index is 0.129. The summed E-state index contributed by atoms with van der Waals surface area (Å²) in [6.07, 6.45) is 2.25. The Labute approximate surface area is 156 Å². The minimum Gasteiger partial charge on any atom is -0.497 e. The van der Waals surface area contributed by atoms with Crippen molar-refractivity contribution in [1.82, 2.24) is 5.43 Å². The third kappa shape index (κ3) is 3.23. The largest absolute Gasteiger partial charge is 0.497 e. The number of hydrogen-bond donors (Lipinski definition) is 1. The lowest BCUT2D eigenvalue weighted by Gasteiger charge is -2.27. The molecule has 1 aliphatic heterocycles. The van der Waals surface area contributed by atoms with Crippen LogP contribution >= 0.6 is 22.9 Å². The molecule has 0 bridgehead atoms. The van der Waals surface area contributed by atoms with Crippen LogP contribution in [-0.2, 0) is 0 Å². The smallest absolute Gasteiger partial charge is 0.118 e. The lowest BCUT2D eigenvalue weighted by molar-refractivity contribution is 0.415. The Bertz CT molecular complexity index is 873. The zero-order valence-corrected chi connectivity index (χ0v) is 15.2. The van der Waals surface area contributed by atoms with Gasteiger partial charge in [0.25, 0.3) is 0 Å². The Morgan fingerprint density at radius 1 is 1.04 bits per heavy atom. The molecule has 0 radical (unpaired) electrons. The maximum atomic E-state index is 6.05. The summed E-state index contributed by atoms with van der Waals surface area (Å²) in [5, 5.41) is 7.19. The van der Waals surface area contributed by atoms with E-state index >= 15 is 0 Å². The first-order valence-corrected chi connectivity index (χ1v) is 9.26. The van der Waals surface area contributed by atoms with Gasteiger partial charge in [-0.1, -0.05) is 11.6 Å². The van der Waals surface area contributed by atoms with Gasteiger partial charge in [-0.3, -0.25) is 10.4 Å².